The van der Waals surface area contributed by atoms with Crippen molar-refractivity contribution in [1.29, 1.82) is 0 Å². The lowest BCUT2D eigenvalue weighted by Crippen LogP contribution is -2.18. The van der Waals surface area contributed by atoms with Gasteiger partial charge in [0.1, 0.15) is 11.4 Å². The van der Waals surface area contributed by atoms with Gasteiger partial charge in [0, 0.05) is 17.7 Å². The van der Waals surface area contributed by atoms with Crippen molar-refractivity contribution in [2.75, 3.05) is 0 Å². The maximum Gasteiger partial charge on any atom is 0.137 e. The average Bonchev–Trinajstić information content (AvgIpc) is 2.93. The minimum atomic E-state index is -0.0704. The molecule has 2 aromatic heterocycles. The van der Waals surface area contributed by atoms with Crippen LogP contribution in [0.2, 0.25) is 0 Å². The second-order valence-corrected chi connectivity index (χ2v) is 6.56. The summed E-state index contributed by atoms with van der Waals surface area (Å²) in [7, 11) is 0. The predicted octanol–water partition coefficient (Wildman–Crippen LogP) is 4.18. The number of hydrogen-bond donors (Lipinski definition) is 1. The molecule has 1 unspecified atom stereocenters. The first-order valence-corrected chi connectivity index (χ1v) is 8.41. The Labute approximate surface area is 147 Å². The SMILES string of the molecule is CC(C)Oc1ccc(-c2nc3ccccn3c2C(C)C(N)=S)cc1. The van der Waals surface area contributed by atoms with Gasteiger partial charge in [-0.15, -0.1) is 0 Å². The Hall–Kier alpha value is -2.40. The fourth-order valence-corrected chi connectivity index (χ4v) is 2.85. The van der Waals surface area contributed by atoms with Crippen molar-refractivity contribution in [3.05, 3.63) is 54.4 Å². The Morgan fingerprint density at radius 2 is 1.83 bits per heavy atom. The summed E-state index contributed by atoms with van der Waals surface area (Å²) < 4.78 is 7.77. The second kappa shape index (κ2) is 6.61. The fourth-order valence-electron chi connectivity index (χ4n) is 2.74. The third-order valence-corrected chi connectivity index (χ3v) is 4.26. The van der Waals surface area contributed by atoms with E-state index in [1.807, 2.05) is 69.4 Å². The van der Waals surface area contributed by atoms with Crippen LogP contribution in [0.4, 0.5) is 0 Å². The molecule has 0 aliphatic rings. The van der Waals surface area contributed by atoms with Crippen molar-refractivity contribution in [3.63, 3.8) is 0 Å². The van der Waals surface area contributed by atoms with Crippen molar-refractivity contribution < 1.29 is 4.74 Å². The number of rotatable bonds is 5. The van der Waals surface area contributed by atoms with Crippen LogP contribution < -0.4 is 10.5 Å². The molecule has 0 saturated carbocycles. The molecule has 0 aliphatic carbocycles. The molecule has 4 nitrogen and oxygen atoms in total. The second-order valence-electron chi connectivity index (χ2n) is 6.09. The Morgan fingerprint density at radius 3 is 2.46 bits per heavy atom. The van der Waals surface area contributed by atoms with Gasteiger partial charge < -0.3 is 14.9 Å². The zero-order chi connectivity index (χ0) is 17.3. The highest BCUT2D eigenvalue weighted by Crippen LogP contribution is 2.31. The summed E-state index contributed by atoms with van der Waals surface area (Å²) in [5.74, 6) is 0.778. The number of nitrogens with two attached hydrogens (primary N) is 1. The van der Waals surface area contributed by atoms with E-state index in [1.165, 1.54) is 0 Å². The van der Waals surface area contributed by atoms with Gasteiger partial charge in [0.05, 0.1) is 22.5 Å². The molecule has 124 valence electrons. The molecule has 5 heteroatoms. The number of pyridine rings is 1. The lowest BCUT2D eigenvalue weighted by molar-refractivity contribution is 0.242. The van der Waals surface area contributed by atoms with Crippen LogP contribution in [0, 0.1) is 0 Å². The number of benzene rings is 1. The maximum absolute atomic E-state index is 5.91. The molecule has 1 atom stereocenters. The summed E-state index contributed by atoms with van der Waals surface area (Å²) in [6.45, 7) is 6.04. The zero-order valence-electron chi connectivity index (χ0n) is 14.1. The summed E-state index contributed by atoms with van der Waals surface area (Å²) >= 11 is 5.22. The fraction of sp³-hybridized carbons (Fsp3) is 0.263. The van der Waals surface area contributed by atoms with E-state index < -0.39 is 0 Å². The molecular weight excluding hydrogens is 318 g/mol. The van der Waals surface area contributed by atoms with E-state index in [0.717, 1.165) is 28.3 Å². The minimum Gasteiger partial charge on any atom is -0.491 e. The number of fused-ring (bicyclic) bond motifs is 1. The number of nitrogens with zero attached hydrogens (tertiary/aromatic N) is 2. The van der Waals surface area contributed by atoms with Crippen molar-refractivity contribution in [2.24, 2.45) is 5.73 Å². The monoisotopic (exact) mass is 339 g/mol. The Balaban J connectivity index is 2.11. The summed E-state index contributed by atoms with van der Waals surface area (Å²) in [4.78, 5) is 5.24. The van der Waals surface area contributed by atoms with Crippen LogP contribution in [0.3, 0.4) is 0 Å². The van der Waals surface area contributed by atoms with Crippen molar-refractivity contribution in [2.45, 2.75) is 32.8 Å². The van der Waals surface area contributed by atoms with Gasteiger partial charge in [0.2, 0.25) is 0 Å². The van der Waals surface area contributed by atoms with Crippen LogP contribution in [0.25, 0.3) is 16.9 Å². The summed E-state index contributed by atoms with van der Waals surface area (Å²) in [5.41, 5.74) is 9.73. The van der Waals surface area contributed by atoms with Gasteiger partial charge in [-0.05, 0) is 50.2 Å². The number of hydrogen-bond acceptors (Lipinski definition) is 3. The van der Waals surface area contributed by atoms with Gasteiger partial charge in [0.25, 0.3) is 0 Å². The minimum absolute atomic E-state index is 0.0704. The lowest BCUT2D eigenvalue weighted by Gasteiger charge is -2.13. The average molecular weight is 339 g/mol. The first-order valence-electron chi connectivity index (χ1n) is 8.00. The Morgan fingerprint density at radius 1 is 1.12 bits per heavy atom. The molecule has 0 radical (unpaired) electrons. The number of thiocarbonyl (C=S) groups is 1. The normalized spacial score (nSPS) is 12.5. The molecule has 2 N–H and O–H groups in total. The third kappa shape index (κ3) is 3.12. The quantitative estimate of drug-likeness (QED) is 0.709. The van der Waals surface area contributed by atoms with Crippen LogP contribution in [-0.4, -0.2) is 20.5 Å². The van der Waals surface area contributed by atoms with Crippen molar-refractivity contribution >= 4 is 22.9 Å². The molecular formula is C19H21N3OS. The molecule has 3 aromatic rings. The number of ether oxygens (including phenoxy) is 1. The van der Waals surface area contributed by atoms with E-state index in [1.54, 1.807) is 0 Å². The van der Waals surface area contributed by atoms with Gasteiger partial charge in [-0.1, -0.05) is 25.2 Å². The van der Waals surface area contributed by atoms with Crippen LogP contribution in [0.5, 0.6) is 5.75 Å². The molecule has 24 heavy (non-hydrogen) atoms. The van der Waals surface area contributed by atoms with Crippen LogP contribution in [-0.2, 0) is 0 Å². The molecule has 1 aromatic carbocycles. The highest BCUT2D eigenvalue weighted by Gasteiger charge is 2.21. The highest BCUT2D eigenvalue weighted by molar-refractivity contribution is 7.80. The Bertz CT molecular complexity index is 868. The largest absolute Gasteiger partial charge is 0.491 e. The van der Waals surface area contributed by atoms with Gasteiger partial charge in [0.15, 0.2) is 0 Å². The first kappa shape index (κ1) is 16.5. The lowest BCUT2D eigenvalue weighted by atomic mass is 10.0. The summed E-state index contributed by atoms with van der Waals surface area (Å²) in [6, 6.07) is 13.9. The van der Waals surface area contributed by atoms with E-state index in [4.69, 9.17) is 27.7 Å². The smallest absolute Gasteiger partial charge is 0.137 e. The van der Waals surface area contributed by atoms with Crippen LogP contribution >= 0.6 is 12.2 Å². The zero-order valence-corrected chi connectivity index (χ0v) is 14.9. The van der Waals surface area contributed by atoms with E-state index in [0.29, 0.717) is 4.99 Å². The standard InChI is InChI=1S/C19H21N3OS/c1-12(2)23-15-9-7-14(8-10-15)17-18(13(3)19(20)24)22-11-5-4-6-16(22)21-17/h4-13H,1-3H3,(H2,20,24). The van der Waals surface area contributed by atoms with Crippen molar-refractivity contribution in [1.82, 2.24) is 9.38 Å². The van der Waals surface area contributed by atoms with Crippen LogP contribution in [0.1, 0.15) is 32.4 Å². The molecule has 0 saturated heterocycles. The van der Waals surface area contributed by atoms with Gasteiger partial charge in [-0.25, -0.2) is 4.98 Å². The molecule has 0 spiro atoms. The van der Waals surface area contributed by atoms with Crippen LogP contribution in [0.15, 0.2) is 48.7 Å². The van der Waals surface area contributed by atoms with Crippen molar-refractivity contribution in [3.8, 4) is 17.0 Å². The molecule has 3 rings (SSSR count). The molecule has 2 heterocycles. The highest BCUT2D eigenvalue weighted by atomic mass is 32.1. The van der Waals surface area contributed by atoms with Gasteiger partial charge in [-0.2, -0.15) is 0 Å². The van der Waals surface area contributed by atoms with E-state index >= 15 is 0 Å². The van der Waals surface area contributed by atoms with E-state index in [-0.39, 0.29) is 12.0 Å². The molecule has 0 aliphatic heterocycles. The van der Waals surface area contributed by atoms with Gasteiger partial charge in [-0.3, -0.25) is 0 Å². The van der Waals surface area contributed by atoms with Gasteiger partial charge >= 0.3 is 0 Å². The third-order valence-electron chi connectivity index (χ3n) is 3.90. The predicted molar refractivity (Wildman–Crippen MR) is 102 cm³/mol. The molecule has 0 fully saturated rings. The molecule has 0 bridgehead atoms. The maximum atomic E-state index is 5.91. The summed E-state index contributed by atoms with van der Waals surface area (Å²) in [6.07, 6.45) is 2.14. The molecule has 0 amide bonds. The Kier molecular flexibility index (Phi) is 4.53. The first-order chi connectivity index (χ1) is 11.5. The van der Waals surface area contributed by atoms with E-state index in [2.05, 4.69) is 4.40 Å². The number of imidazole rings is 1. The summed E-state index contributed by atoms with van der Waals surface area (Å²) in [5, 5.41) is 0. The van der Waals surface area contributed by atoms with E-state index in [9.17, 15) is 0 Å². The number of aromatic nitrogens is 2. The topological polar surface area (TPSA) is 52.5 Å².